The lowest BCUT2D eigenvalue weighted by Crippen LogP contribution is -2.35. The first-order valence-corrected chi connectivity index (χ1v) is 9.92. The Morgan fingerprint density at radius 2 is 1.93 bits per heavy atom. The predicted octanol–water partition coefficient (Wildman–Crippen LogP) is 4.01. The van der Waals surface area contributed by atoms with Gasteiger partial charge in [0.1, 0.15) is 23.4 Å². The van der Waals surface area contributed by atoms with Crippen LogP contribution >= 0.6 is 12.2 Å². The summed E-state index contributed by atoms with van der Waals surface area (Å²) in [6, 6.07) is 15.8. The number of likely N-dealkylation sites (N-methyl/N-ethyl adjacent to an activating group) is 1. The third kappa shape index (κ3) is 4.16. The minimum atomic E-state index is -0.268. The molecule has 4 rings (SSSR count). The summed E-state index contributed by atoms with van der Waals surface area (Å²) in [6.07, 6.45) is 1.78. The van der Waals surface area contributed by atoms with Crippen LogP contribution in [-0.2, 0) is 0 Å². The number of thiocarbonyl (C=S) groups is 1. The van der Waals surface area contributed by atoms with Crippen LogP contribution in [0.2, 0.25) is 0 Å². The second kappa shape index (κ2) is 8.31. The Hall–Kier alpha value is -2.77. The highest BCUT2D eigenvalue weighted by atomic mass is 32.1. The molecule has 1 aliphatic rings. The normalized spacial score (nSPS) is 19.0. The molecule has 0 saturated carbocycles. The molecule has 29 heavy (non-hydrogen) atoms. The number of aromatic nitrogens is 1. The summed E-state index contributed by atoms with van der Waals surface area (Å²) in [5.74, 6) is 1.23. The van der Waals surface area contributed by atoms with Gasteiger partial charge in [0, 0.05) is 24.8 Å². The van der Waals surface area contributed by atoms with E-state index in [2.05, 4.69) is 20.1 Å². The average Bonchev–Trinajstić information content (AvgIpc) is 3.32. The number of rotatable bonds is 6. The molecule has 0 spiro atoms. The van der Waals surface area contributed by atoms with E-state index in [9.17, 15) is 4.39 Å². The minimum absolute atomic E-state index is 0.113. The van der Waals surface area contributed by atoms with Crippen molar-refractivity contribution in [1.29, 1.82) is 0 Å². The first kappa shape index (κ1) is 19.5. The molecule has 2 atom stereocenters. The monoisotopic (exact) mass is 410 g/mol. The van der Waals surface area contributed by atoms with Crippen molar-refractivity contribution >= 4 is 17.3 Å². The third-order valence-electron chi connectivity index (χ3n) is 5.03. The number of halogens is 1. The smallest absolute Gasteiger partial charge is 0.170 e. The van der Waals surface area contributed by atoms with Crippen molar-refractivity contribution in [2.75, 3.05) is 27.2 Å². The van der Waals surface area contributed by atoms with Gasteiger partial charge < -0.3 is 19.5 Å². The summed E-state index contributed by atoms with van der Waals surface area (Å²) in [5, 5.41) is 4.10. The number of hydrogen-bond acceptors (Lipinski definition) is 4. The zero-order chi connectivity index (χ0) is 20.4. The lowest BCUT2D eigenvalue weighted by Gasteiger charge is -2.27. The van der Waals surface area contributed by atoms with Gasteiger partial charge in [-0.1, -0.05) is 6.07 Å². The molecule has 0 bridgehead atoms. The van der Waals surface area contributed by atoms with Gasteiger partial charge in [0.2, 0.25) is 0 Å². The van der Waals surface area contributed by atoms with Crippen LogP contribution in [0.4, 0.5) is 4.39 Å². The van der Waals surface area contributed by atoms with Gasteiger partial charge >= 0.3 is 0 Å². The summed E-state index contributed by atoms with van der Waals surface area (Å²) >= 11 is 5.65. The van der Waals surface area contributed by atoms with Crippen LogP contribution in [0.5, 0.6) is 0 Å². The third-order valence-corrected chi connectivity index (χ3v) is 5.39. The standard InChI is InChI=1S/C22H23FN4OS/c1-26(2)13-14-27-21(20(25-22(27)29)17-5-3-4-12-24-17)19-11-10-18(28-19)15-6-8-16(23)9-7-15/h3-12,20-21H,13-14H2,1-2H3,(H,25,29). The lowest BCUT2D eigenvalue weighted by atomic mass is 10.0. The maximum absolute atomic E-state index is 13.3. The maximum Gasteiger partial charge on any atom is 0.170 e. The van der Waals surface area contributed by atoms with Crippen LogP contribution < -0.4 is 5.32 Å². The van der Waals surface area contributed by atoms with Crippen LogP contribution in [-0.4, -0.2) is 47.1 Å². The fraction of sp³-hybridized carbons (Fsp3) is 0.273. The van der Waals surface area contributed by atoms with E-state index in [1.165, 1.54) is 12.1 Å². The average molecular weight is 411 g/mol. The van der Waals surface area contributed by atoms with Crippen molar-refractivity contribution in [3.05, 3.63) is 78.1 Å². The number of nitrogens with zero attached hydrogens (tertiary/aromatic N) is 3. The Morgan fingerprint density at radius 3 is 2.62 bits per heavy atom. The molecule has 0 radical (unpaired) electrons. The molecule has 3 aromatic rings. The van der Waals surface area contributed by atoms with Crippen LogP contribution in [0.1, 0.15) is 23.5 Å². The molecule has 5 nitrogen and oxygen atoms in total. The fourth-order valence-corrected chi connectivity index (χ4v) is 3.88. The van der Waals surface area contributed by atoms with E-state index in [-0.39, 0.29) is 17.9 Å². The summed E-state index contributed by atoms with van der Waals surface area (Å²) in [4.78, 5) is 8.81. The molecule has 1 fully saturated rings. The van der Waals surface area contributed by atoms with Gasteiger partial charge in [-0.25, -0.2) is 4.39 Å². The predicted molar refractivity (Wildman–Crippen MR) is 115 cm³/mol. The second-order valence-corrected chi connectivity index (χ2v) is 7.72. The molecule has 1 N–H and O–H groups in total. The Balaban J connectivity index is 1.69. The number of furan rings is 1. The molecule has 2 unspecified atom stereocenters. The summed E-state index contributed by atoms with van der Waals surface area (Å²) in [7, 11) is 4.08. The molecule has 0 amide bonds. The van der Waals surface area contributed by atoms with Gasteiger partial charge in [-0.15, -0.1) is 0 Å². The number of benzene rings is 1. The summed E-state index contributed by atoms with van der Waals surface area (Å²) in [6.45, 7) is 1.62. The fourth-order valence-electron chi connectivity index (χ4n) is 3.54. The number of hydrogen-bond donors (Lipinski definition) is 1. The Bertz CT molecular complexity index is 974. The highest BCUT2D eigenvalue weighted by Gasteiger charge is 2.41. The van der Waals surface area contributed by atoms with Gasteiger partial charge in [0.25, 0.3) is 0 Å². The van der Waals surface area contributed by atoms with Crippen molar-refractivity contribution in [1.82, 2.24) is 20.1 Å². The number of nitrogens with one attached hydrogen (secondary N) is 1. The highest BCUT2D eigenvalue weighted by Crippen LogP contribution is 2.40. The van der Waals surface area contributed by atoms with Crippen molar-refractivity contribution in [2.45, 2.75) is 12.1 Å². The molecule has 150 valence electrons. The molecule has 3 heterocycles. The molecule has 2 aromatic heterocycles. The largest absolute Gasteiger partial charge is 0.459 e. The molecule has 1 saturated heterocycles. The SMILES string of the molecule is CN(C)CCN1C(=S)NC(c2ccccn2)C1c1ccc(-c2ccc(F)cc2)o1. The van der Waals surface area contributed by atoms with E-state index in [1.54, 1.807) is 18.3 Å². The van der Waals surface area contributed by atoms with Crippen LogP contribution in [0.15, 0.2) is 65.2 Å². The Kier molecular flexibility index (Phi) is 5.60. The van der Waals surface area contributed by atoms with Gasteiger partial charge in [-0.2, -0.15) is 0 Å². The van der Waals surface area contributed by atoms with E-state index < -0.39 is 0 Å². The maximum atomic E-state index is 13.3. The van der Waals surface area contributed by atoms with E-state index in [0.29, 0.717) is 10.9 Å². The van der Waals surface area contributed by atoms with Crippen LogP contribution in [0.25, 0.3) is 11.3 Å². The highest BCUT2D eigenvalue weighted by molar-refractivity contribution is 7.80. The lowest BCUT2D eigenvalue weighted by molar-refractivity contribution is 0.250. The Labute approximate surface area is 175 Å². The van der Waals surface area contributed by atoms with Crippen LogP contribution in [0.3, 0.4) is 0 Å². The number of pyridine rings is 1. The van der Waals surface area contributed by atoms with Gasteiger partial charge in [-0.05, 0) is 74.8 Å². The second-order valence-electron chi connectivity index (χ2n) is 7.33. The van der Waals surface area contributed by atoms with Crippen molar-refractivity contribution in [2.24, 2.45) is 0 Å². The van der Waals surface area contributed by atoms with Crippen molar-refractivity contribution in [3.8, 4) is 11.3 Å². The van der Waals surface area contributed by atoms with E-state index in [0.717, 1.165) is 30.1 Å². The quantitative estimate of drug-likeness (QED) is 0.620. The summed E-state index contributed by atoms with van der Waals surface area (Å²) < 4.78 is 19.5. The molecular formula is C22H23FN4OS. The van der Waals surface area contributed by atoms with E-state index in [4.69, 9.17) is 16.6 Å². The first-order chi connectivity index (χ1) is 14.0. The summed E-state index contributed by atoms with van der Waals surface area (Å²) in [5.41, 5.74) is 1.74. The van der Waals surface area contributed by atoms with Gasteiger partial charge in [0.05, 0.1) is 11.7 Å². The van der Waals surface area contributed by atoms with Crippen LogP contribution in [0, 0.1) is 5.82 Å². The topological polar surface area (TPSA) is 44.5 Å². The van der Waals surface area contributed by atoms with Gasteiger partial charge in [-0.3, -0.25) is 4.98 Å². The first-order valence-electron chi connectivity index (χ1n) is 9.51. The molecule has 0 aliphatic carbocycles. The molecule has 1 aliphatic heterocycles. The van der Waals surface area contributed by atoms with E-state index >= 15 is 0 Å². The van der Waals surface area contributed by atoms with E-state index in [1.807, 2.05) is 44.4 Å². The zero-order valence-electron chi connectivity index (χ0n) is 16.4. The molecule has 7 heteroatoms. The van der Waals surface area contributed by atoms with Crippen molar-refractivity contribution in [3.63, 3.8) is 0 Å². The minimum Gasteiger partial charge on any atom is -0.459 e. The molecular weight excluding hydrogens is 387 g/mol. The zero-order valence-corrected chi connectivity index (χ0v) is 17.2. The molecule has 1 aromatic carbocycles. The van der Waals surface area contributed by atoms with Gasteiger partial charge in [0.15, 0.2) is 5.11 Å². The van der Waals surface area contributed by atoms with Crippen molar-refractivity contribution < 1.29 is 8.81 Å². The Morgan fingerprint density at radius 1 is 1.14 bits per heavy atom.